The van der Waals surface area contributed by atoms with Crippen molar-refractivity contribution in [1.29, 1.82) is 0 Å². The third kappa shape index (κ3) is 5.59. The summed E-state index contributed by atoms with van der Waals surface area (Å²) in [5, 5.41) is 2.70. The Kier molecular flexibility index (Phi) is 7.50. The molecule has 3 aromatic carbocycles. The first-order chi connectivity index (χ1) is 15.7. The van der Waals surface area contributed by atoms with Gasteiger partial charge in [-0.1, -0.05) is 30.3 Å². The quantitative estimate of drug-likeness (QED) is 0.499. The second kappa shape index (κ2) is 10.3. The van der Waals surface area contributed by atoms with Crippen molar-refractivity contribution in [2.24, 2.45) is 0 Å². The van der Waals surface area contributed by atoms with Crippen molar-refractivity contribution >= 4 is 33.3 Å². The highest BCUT2D eigenvalue weighted by molar-refractivity contribution is 7.92. The van der Waals surface area contributed by atoms with Gasteiger partial charge in [0, 0.05) is 5.69 Å². The van der Waals surface area contributed by atoms with Crippen LogP contribution in [0.15, 0.2) is 77.7 Å². The van der Waals surface area contributed by atoms with E-state index in [9.17, 15) is 18.0 Å². The Bertz CT molecular complexity index is 1240. The topological polar surface area (TPSA) is 92.8 Å². The molecule has 0 spiro atoms. The van der Waals surface area contributed by atoms with E-state index in [1.165, 1.54) is 24.3 Å². The van der Waals surface area contributed by atoms with Gasteiger partial charge in [0.25, 0.3) is 10.0 Å². The van der Waals surface area contributed by atoms with Crippen molar-refractivity contribution in [1.82, 2.24) is 0 Å². The van der Waals surface area contributed by atoms with Gasteiger partial charge in [0.2, 0.25) is 5.91 Å². The zero-order chi connectivity index (χ0) is 24.0. The van der Waals surface area contributed by atoms with Crippen molar-refractivity contribution in [3.8, 4) is 0 Å². The van der Waals surface area contributed by atoms with Crippen molar-refractivity contribution < 1.29 is 22.7 Å². The smallest absolute Gasteiger partial charge is 0.338 e. The number of anilines is 2. The molecule has 7 nitrogen and oxygen atoms in total. The summed E-state index contributed by atoms with van der Waals surface area (Å²) in [6.07, 6.45) is 0. The van der Waals surface area contributed by atoms with E-state index in [2.05, 4.69) is 5.32 Å². The van der Waals surface area contributed by atoms with Gasteiger partial charge in [-0.2, -0.15) is 0 Å². The number of esters is 1. The summed E-state index contributed by atoms with van der Waals surface area (Å²) in [5.41, 5.74) is 2.91. The van der Waals surface area contributed by atoms with Crippen LogP contribution in [0.25, 0.3) is 0 Å². The van der Waals surface area contributed by atoms with E-state index < -0.39 is 28.4 Å². The number of ether oxygens (including phenoxy) is 1. The van der Waals surface area contributed by atoms with Gasteiger partial charge in [-0.15, -0.1) is 0 Å². The van der Waals surface area contributed by atoms with Crippen LogP contribution in [-0.2, 0) is 19.6 Å². The number of nitrogens with zero attached hydrogens (tertiary/aromatic N) is 1. The molecule has 33 heavy (non-hydrogen) atoms. The lowest BCUT2D eigenvalue weighted by atomic mass is 10.1. The Labute approximate surface area is 194 Å². The molecule has 0 fully saturated rings. The molecular weight excluding hydrogens is 440 g/mol. The maximum Gasteiger partial charge on any atom is 0.338 e. The molecule has 0 aliphatic rings. The second-order valence-electron chi connectivity index (χ2n) is 7.39. The minimum atomic E-state index is -3.99. The maximum absolute atomic E-state index is 13.5. The van der Waals surface area contributed by atoms with E-state index in [4.69, 9.17) is 4.74 Å². The number of hydrogen-bond acceptors (Lipinski definition) is 5. The fourth-order valence-corrected chi connectivity index (χ4v) is 4.76. The molecular formula is C25H26N2O5S. The summed E-state index contributed by atoms with van der Waals surface area (Å²) >= 11 is 0. The monoisotopic (exact) mass is 466 g/mol. The molecule has 0 aliphatic carbocycles. The lowest BCUT2D eigenvalue weighted by Gasteiger charge is -2.26. The molecule has 0 saturated heterocycles. The van der Waals surface area contributed by atoms with Crippen LogP contribution < -0.4 is 9.62 Å². The number of aryl methyl sites for hydroxylation is 1. The fraction of sp³-hybridized carbons (Fsp3) is 0.200. The van der Waals surface area contributed by atoms with Gasteiger partial charge in [-0.3, -0.25) is 9.10 Å². The normalized spacial score (nSPS) is 11.0. The Morgan fingerprint density at radius 1 is 0.909 bits per heavy atom. The first kappa shape index (κ1) is 24.0. The van der Waals surface area contributed by atoms with Gasteiger partial charge in [0.15, 0.2) is 0 Å². The fourth-order valence-electron chi connectivity index (χ4n) is 3.26. The van der Waals surface area contributed by atoms with E-state index in [1.807, 2.05) is 19.9 Å². The number of carbonyl (C=O) groups is 2. The molecule has 0 unspecified atom stereocenters. The Morgan fingerprint density at radius 3 is 2.21 bits per heavy atom. The van der Waals surface area contributed by atoms with Crippen molar-refractivity contribution in [2.75, 3.05) is 22.8 Å². The van der Waals surface area contributed by atoms with Crippen LogP contribution in [0.1, 0.15) is 28.4 Å². The van der Waals surface area contributed by atoms with Gasteiger partial charge in [0.1, 0.15) is 6.54 Å². The first-order valence-electron chi connectivity index (χ1n) is 10.4. The Hall–Kier alpha value is -3.65. The van der Waals surface area contributed by atoms with Gasteiger partial charge in [0.05, 0.1) is 22.8 Å². The van der Waals surface area contributed by atoms with E-state index in [0.717, 1.165) is 15.4 Å². The van der Waals surface area contributed by atoms with Gasteiger partial charge < -0.3 is 10.1 Å². The highest BCUT2D eigenvalue weighted by Gasteiger charge is 2.28. The van der Waals surface area contributed by atoms with Gasteiger partial charge >= 0.3 is 5.97 Å². The summed E-state index contributed by atoms with van der Waals surface area (Å²) in [5.74, 6) is -0.968. The van der Waals surface area contributed by atoms with Crippen molar-refractivity contribution in [2.45, 2.75) is 25.7 Å². The Morgan fingerprint density at radius 2 is 1.58 bits per heavy atom. The largest absolute Gasteiger partial charge is 0.462 e. The van der Waals surface area contributed by atoms with Crippen LogP contribution in [-0.4, -0.2) is 33.4 Å². The first-order valence-corrected chi connectivity index (χ1v) is 11.9. The number of sulfonamides is 1. The maximum atomic E-state index is 13.5. The van der Waals surface area contributed by atoms with Crippen LogP contribution in [0.5, 0.6) is 0 Å². The average Bonchev–Trinajstić information content (AvgIpc) is 2.80. The van der Waals surface area contributed by atoms with E-state index in [1.54, 1.807) is 49.4 Å². The van der Waals surface area contributed by atoms with Gasteiger partial charge in [-0.25, -0.2) is 13.2 Å². The van der Waals surface area contributed by atoms with E-state index in [0.29, 0.717) is 16.9 Å². The highest BCUT2D eigenvalue weighted by Crippen LogP contribution is 2.28. The molecule has 0 aliphatic heterocycles. The minimum Gasteiger partial charge on any atom is -0.462 e. The zero-order valence-electron chi connectivity index (χ0n) is 18.7. The molecule has 3 aromatic rings. The number of benzene rings is 3. The summed E-state index contributed by atoms with van der Waals surface area (Å²) in [7, 11) is -3.99. The number of rotatable bonds is 8. The van der Waals surface area contributed by atoms with Crippen LogP contribution in [0.4, 0.5) is 11.4 Å². The average molecular weight is 467 g/mol. The molecule has 0 heterocycles. The molecule has 1 amide bonds. The third-order valence-corrected chi connectivity index (χ3v) is 6.92. The summed E-state index contributed by atoms with van der Waals surface area (Å²) < 4.78 is 33.0. The molecule has 3 rings (SSSR count). The van der Waals surface area contributed by atoms with E-state index in [-0.39, 0.29) is 11.5 Å². The van der Waals surface area contributed by atoms with Crippen molar-refractivity contribution in [3.05, 3.63) is 89.5 Å². The minimum absolute atomic E-state index is 0.0949. The molecule has 0 atom stereocenters. The van der Waals surface area contributed by atoms with Crippen LogP contribution in [0.2, 0.25) is 0 Å². The molecule has 0 bridgehead atoms. The highest BCUT2D eigenvalue weighted by atomic mass is 32.2. The molecule has 0 radical (unpaired) electrons. The number of nitrogens with one attached hydrogen (secondary N) is 1. The third-order valence-electron chi connectivity index (χ3n) is 5.14. The SMILES string of the molecule is CCOC(=O)c1ccc(NC(=O)CN(c2cccc(C)c2C)S(=O)(=O)c2ccccc2)cc1. The van der Waals surface area contributed by atoms with Crippen LogP contribution in [0, 0.1) is 13.8 Å². The molecule has 1 N–H and O–H groups in total. The lowest BCUT2D eigenvalue weighted by molar-refractivity contribution is -0.114. The molecule has 172 valence electrons. The molecule has 0 saturated carbocycles. The number of amides is 1. The summed E-state index contributed by atoms with van der Waals surface area (Å²) in [6.45, 7) is 5.28. The summed E-state index contributed by atoms with van der Waals surface area (Å²) in [6, 6.07) is 19.5. The van der Waals surface area contributed by atoms with E-state index >= 15 is 0 Å². The number of hydrogen-bond donors (Lipinski definition) is 1. The predicted molar refractivity (Wildman–Crippen MR) is 128 cm³/mol. The standard InChI is InChI=1S/C25H26N2O5S/c1-4-32-25(29)20-13-15-21(16-14-20)26-24(28)17-27(23-12-8-9-18(2)19(23)3)33(30,31)22-10-6-5-7-11-22/h5-16H,4,17H2,1-3H3,(H,26,28). The molecule has 0 aromatic heterocycles. The van der Waals surface area contributed by atoms with Crippen LogP contribution >= 0.6 is 0 Å². The zero-order valence-corrected chi connectivity index (χ0v) is 19.6. The predicted octanol–water partition coefficient (Wildman–Crippen LogP) is 4.31. The Balaban J connectivity index is 1.88. The van der Waals surface area contributed by atoms with Crippen LogP contribution in [0.3, 0.4) is 0 Å². The molecule has 8 heteroatoms. The summed E-state index contributed by atoms with van der Waals surface area (Å²) in [4.78, 5) is 24.8. The van der Waals surface area contributed by atoms with Gasteiger partial charge in [-0.05, 0) is 74.4 Å². The lowest BCUT2D eigenvalue weighted by Crippen LogP contribution is -2.38. The van der Waals surface area contributed by atoms with Crippen molar-refractivity contribution in [3.63, 3.8) is 0 Å². The second-order valence-corrected chi connectivity index (χ2v) is 9.25. The number of carbonyl (C=O) groups excluding carboxylic acids is 2.